The average Bonchev–Trinajstić information content (AvgIpc) is 3.70. The number of rotatable bonds is 6. The molecule has 2 fully saturated rings. The topological polar surface area (TPSA) is 63.2 Å². The standard InChI is InChI=1S/C29H31FN2O3S/c1-21-19-24(30)9-14-28(21)23-15-17-32(18-16-23,29(33)31-25-10-11-25)20-22-7-12-27(13-8-22)36(34,35)26-5-3-2-4-6-26/h2-9,12-14,19,23,25H,10-11,15-18,20H2,1H3/p+1. The maximum absolute atomic E-state index is 13.6. The fraction of sp³-hybridized carbons (Fsp3) is 0.345. The number of halogens is 1. The van der Waals surface area contributed by atoms with Gasteiger partial charge in [0, 0.05) is 24.4 Å². The number of quaternary nitrogens is 1. The van der Waals surface area contributed by atoms with Gasteiger partial charge in [-0.1, -0.05) is 36.4 Å². The van der Waals surface area contributed by atoms with Crippen LogP contribution in [0.15, 0.2) is 82.6 Å². The van der Waals surface area contributed by atoms with Gasteiger partial charge in [-0.05, 0) is 73.2 Å². The van der Waals surface area contributed by atoms with Gasteiger partial charge in [-0.25, -0.2) is 22.1 Å². The third-order valence-corrected chi connectivity index (χ3v) is 9.38. The molecule has 0 radical (unpaired) electrons. The molecule has 1 heterocycles. The molecule has 1 saturated heterocycles. The second-order valence-corrected chi connectivity index (χ2v) is 12.2. The van der Waals surface area contributed by atoms with E-state index in [1.165, 1.54) is 6.07 Å². The van der Waals surface area contributed by atoms with E-state index in [-0.39, 0.29) is 27.7 Å². The van der Waals surface area contributed by atoms with Gasteiger partial charge < -0.3 is 5.32 Å². The normalized spacial score (nSPS) is 22.2. The first-order valence-electron chi connectivity index (χ1n) is 12.6. The van der Waals surface area contributed by atoms with E-state index in [9.17, 15) is 17.6 Å². The van der Waals surface area contributed by atoms with E-state index in [0.717, 1.165) is 42.4 Å². The Morgan fingerprint density at radius 3 is 2.17 bits per heavy atom. The molecule has 1 N–H and O–H groups in total. The first kappa shape index (κ1) is 24.7. The zero-order chi connectivity index (χ0) is 25.3. The van der Waals surface area contributed by atoms with Crippen molar-refractivity contribution in [1.29, 1.82) is 0 Å². The molecule has 5 rings (SSSR count). The van der Waals surface area contributed by atoms with Crippen LogP contribution in [0.2, 0.25) is 0 Å². The Balaban J connectivity index is 1.36. The van der Waals surface area contributed by atoms with Crippen molar-refractivity contribution in [2.75, 3.05) is 13.1 Å². The Bertz CT molecular complexity index is 1350. The Morgan fingerprint density at radius 1 is 0.917 bits per heavy atom. The number of carbonyl (C=O) groups is 1. The second-order valence-electron chi connectivity index (χ2n) is 10.2. The van der Waals surface area contributed by atoms with Gasteiger partial charge in [0.25, 0.3) is 0 Å². The lowest BCUT2D eigenvalue weighted by molar-refractivity contribution is -0.869. The van der Waals surface area contributed by atoms with Gasteiger partial charge in [-0.2, -0.15) is 0 Å². The van der Waals surface area contributed by atoms with Crippen LogP contribution in [0, 0.1) is 12.7 Å². The Labute approximate surface area is 212 Å². The molecular formula is C29H32FN2O3S+. The van der Waals surface area contributed by atoms with Crippen molar-refractivity contribution in [1.82, 2.24) is 5.32 Å². The SMILES string of the molecule is Cc1cc(F)ccc1C1CC[N+](Cc2ccc(S(=O)(=O)c3ccccc3)cc2)(C(=O)NC2CC2)CC1. The van der Waals surface area contributed by atoms with Crippen molar-refractivity contribution in [3.63, 3.8) is 0 Å². The van der Waals surface area contributed by atoms with Crippen LogP contribution in [0.4, 0.5) is 9.18 Å². The van der Waals surface area contributed by atoms with Crippen LogP contribution >= 0.6 is 0 Å². The minimum atomic E-state index is -3.58. The number of nitrogens with one attached hydrogen (secondary N) is 1. The van der Waals surface area contributed by atoms with E-state index in [0.29, 0.717) is 30.0 Å². The summed E-state index contributed by atoms with van der Waals surface area (Å²) in [5, 5.41) is 3.20. The summed E-state index contributed by atoms with van der Waals surface area (Å²) >= 11 is 0. The quantitative estimate of drug-likeness (QED) is 0.433. The number of piperidine rings is 1. The zero-order valence-corrected chi connectivity index (χ0v) is 21.3. The van der Waals surface area contributed by atoms with Gasteiger partial charge in [0.1, 0.15) is 12.4 Å². The maximum Gasteiger partial charge on any atom is 0.417 e. The number of sulfone groups is 1. The molecular weight excluding hydrogens is 475 g/mol. The molecule has 0 unspecified atom stereocenters. The van der Waals surface area contributed by atoms with Crippen LogP contribution in [0.5, 0.6) is 0 Å². The van der Waals surface area contributed by atoms with Crippen molar-refractivity contribution in [3.05, 3.63) is 95.3 Å². The number of nitrogens with zero attached hydrogens (tertiary/aromatic N) is 1. The van der Waals surface area contributed by atoms with Crippen molar-refractivity contribution in [2.24, 2.45) is 0 Å². The predicted molar refractivity (Wildman–Crippen MR) is 137 cm³/mol. The van der Waals surface area contributed by atoms with E-state index in [2.05, 4.69) is 5.32 Å². The van der Waals surface area contributed by atoms with Crippen molar-refractivity contribution < 1.29 is 22.1 Å². The number of benzene rings is 3. The van der Waals surface area contributed by atoms with E-state index < -0.39 is 9.84 Å². The van der Waals surface area contributed by atoms with Gasteiger partial charge in [-0.3, -0.25) is 0 Å². The molecule has 0 spiro atoms. The maximum atomic E-state index is 13.6. The highest BCUT2D eigenvalue weighted by Gasteiger charge is 2.43. The van der Waals surface area contributed by atoms with E-state index in [4.69, 9.17) is 0 Å². The second kappa shape index (κ2) is 9.79. The molecule has 0 aromatic heterocycles. The fourth-order valence-corrected chi connectivity index (χ4v) is 6.58. The summed E-state index contributed by atoms with van der Waals surface area (Å²) < 4.78 is 39.8. The highest BCUT2D eigenvalue weighted by Crippen LogP contribution is 2.36. The lowest BCUT2D eigenvalue weighted by Crippen LogP contribution is -2.60. The van der Waals surface area contributed by atoms with Crippen LogP contribution < -0.4 is 5.32 Å². The Kier molecular flexibility index (Phi) is 6.70. The summed E-state index contributed by atoms with van der Waals surface area (Å²) in [6.07, 6.45) is 3.72. The number of urea groups is 1. The van der Waals surface area contributed by atoms with E-state index in [1.807, 2.05) is 25.1 Å². The lowest BCUT2D eigenvalue weighted by Gasteiger charge is -2.41. The lowest BCUT2D eigenvalue weighted by atomic mass is 9.85. The molecule has 5 nitrogen and oxygen atoms in total. The van der Waals surface area contributed by atoms with Gasteiger partial charge >= 0.3 is 6.03 Å². The molecule has 0 atom stereocenters. The molecule has 1 aliphatic heterocycles. The van der Waals surface area contributed by atoms with Crippen LogP contribution in [-0.2, 0) is 16.4 Å². The summed E-state index contributed by atoms with van der Waals surface area (Å²) in [5.41, 5.74) is 3.05. The van der Waals surface area contributed by atoms with Gasteiger partial charge in [0.05, 0.1) is 22.9 Å². The monoisotopic (exact) mass is 507 g/mol. The van der Waals surface area contributed by atoms with Crippen molar-refractivity contribution in [2.45, 2.75) is 60.9 Å². The molecule has 1 saturated carbocycles. The fourth-order valence-electron chi connectivity index (χ4n) is 5.30. The molecule has 1 aliphatic carbocycles. The molecule has 36 heavy (non-hydrogen) atoms. The molecule has 3 aromatic rings. The number of hydrogen-bond acceptors (Lipinski definition) is 3. The molecule has 188 valence electrons. The van der Waals surface area contributed by atoms with Crippen molar-refractivity contribution >= 4 is 15.9 Å². The van der Waals surface area contributed by atoms with Gasteiger partial charge in [0.2, 0.25) is 9.84 Å². The number of likely N-dealkylation sites (tertiary alicyclic amines) is 1. The first-order valence-corrected chi connectivity index (χ1v) is 14.1. The largest absolute Gasteiger partial charge is 0.417 e. The summed E-state index contributed by atoms with van der Waals surface area (Å²) in [7, 11) is -3.58. The number of aryl methyl sites for hydroxylation is 1. The third kappa shape index (κ3) is 5.08. The highest BCUT2D eigenvalue weighted by atomic mass is 32.2. The Morgan fingerprint density at radius 2 is 1.56 bits per heavy atom. The average molecular weight is 508 g/mol. The third-order valence-electron chi connectivity index (χ3n) is 7.59. The predicted octanol–water partition coefficient (Wildman–Crippen LogP) is 5.73. The zero-order valence-electron chi connectivity index (χ0n) is 20.5. The van der Waals surface area contributed by atoms with Crippen LogP contribution in [0.3, 0.4) is 0 Å². The molecule has 2 amide bonds. The minimum Gasteiger partial charge on any atom is -0.303 e. The van der Waals surface area contributed by atoms with Crippen LogP contribution in [0.25, 0.3) is 0 Å². The molecule has 3 aromatic carbocycles. The van der Waals surface area contributed by atoms with Gasteiger partial charge in [-0.15, -0.1) is 0 Å². The summed E-state index contributed by atoms with van der Waals surface area (Å²) in [6.45, 7) is 3.83. The van der Waals surface area contributed by atoms with E-state index >= 15 is 0 Å². The van der Waals surface area contributed by atoms with Crippen LogP contribution in [-0.4, -0.2) is 38.1 Å². The highest BCUT2D eigenvalue weighted by molar-refractivity contribution is 7.91. The molecule has 0 bridgehead atoms. The van der Waals surface area contributed by atoms with Crippen molar-refractivity contribution in [3.8, 4) is 0 Å². The molecule has 7 heteroatoms. The molecule has 2 aliphatic rings. The minimum absolute atomic E-state index is 0.0489. The van der Waals surface area contributed by atoms with Crippen LogP contribution in [0.1, 0.15) is 48.3 Å². The summed E-state index contributed by atoms with van der Waals surface area (Å²) in [4.78, 5) is 14.0. The first-order chi connectivity index (χ1) is 17.3. The number of carbonyl (C=O) groups excluding carboxylic acids is 1. The summed E-state index contributed by atoms with van der Waals surface area (Å²) in [5.74, 6) is 0.0719. The smallest absolute Gasteiger partial charge is 0.303 e. The Hall–Kier alpha value is -3.03. The van der Waals surface area contributed by atoms with E-state index in [1.54, 1.807) is 48.5 Å². The number of hydrogen-bond donors (Lipinski definition) is 1. The summed E-state index contributed by atoms with van der Waals surface area (Å²) in [6, 6.07) is 20.6. The number of amides is 2. The van der Waals surface area contributed by atoms with Gasteiger partial charge in [0.15, 0.2) is 0 Å².